The number of hydrogen-bond donors (Lipinski definition) is 2. The number of imidazole rings is 1. The van der Waals surface area contributed by atoms with E-state index in [-0.39, 0.29) is 17.0 Å². The Morgan fingerprint density at radius 2 is 1.74 bits per heavy atom. The molecule has 2 aromatic carbocycles. The van der Waals surface area contributed by atoms with E-state index in [1.165, 1.54) is 24.9 Å². The van der Waals surface area contributed by atoms with Gasteiger partial charge in [0.25, 0.3) is 11.8 Å². The van der Waals surface area contributed by atoms with Crippen molar-refractivity contribution in [2.24, 2.45) is 5.73 Å². The number of aromatic nitrogens is 3. The number of ether oxygens (including phenoxy) is 2. The maximum Gasteiger partial charge on any atom is 0.272 e. The zero-order valence-corrected chi connectivity index (χ0v) is 16.8. The van der Waals surface area contributed by atoms with Crippen molar-refractivity contribution in [2.75, 3.05) is 19.5 Å². The summed E-state index contributed by atoms with van der Waals surface area (Å²) in [6, 6.07) is 16.0. The van der Waals surface area contributed by atoms with Crippen LogP contribution in [0.15, 0.2) is 60.9 Å². The molecular weight excluding hydrogens is 398 g/mol. The molecule has 2 heterocycles. The lowest BCUT2D eigenvalue weighted by atomic mass is 10.1. The Kier molecular flexibility index (Phi) is 5.23. The molecule has 0 radical (unpaired) electrons. The fourth-order valence-corrected chi connectivity index (χ4v) is 3.19. The molecule has 0 aliphatic heterocycles. The van der Waals surface area contributed by atoms with Gasteiger partial charge in [-0.1, -0.05) is 30.3 Å². The number of fused-ring (bicyclic) bond motifs is 1. The number of anilines is 1. The smallest absolute Gasteiger partial charge is 0.272 e. The van der Waals surface area contributed by atoms with Crippen molar-refractivity contribution in [1.29, 1.82) is 0 Å². The Morgan fingerprint density at radius 1 is 1.00 bits per heavy atom. The van der Waals surface area contributed by atoms with Crippen molar-refractivity contribution in [1.82, 2.24) is 14.4 Å². The SMILES string of the molecule is COc1ccc(NC(=O)c2cc(-c3ccccc3)nc3c(C(N)=O)ncn23)cc1OC. The van der Waals surface area contributed by atoms with E-state index in [0.717, 1.165) is 5.56 Å². The van der Waals surface area contributed by atoms with Crippen LogP contribution in [0.4, 0.5) is 5.69 Å². The number of methoxy groups -OCH3 is 2. The van der Waals surface area contributed by atoms with Crippen LogP contribution in [0.2, 0.25) is 0 Å². The number of nitrogens with one attached hydrogen (secondary N) is 1. The number of rotatable bonds is 6. The zero-order chi connectivity index (χ0) is 22.0. The van der Waals surface area contributed by atoms with Crippen LogP contribution in [0, 0.1) is 0 Å². The quantitative estimate of drug-likeness (QED) is 0.498. The Bertz CT molecular complexity index is 1280. The third-order valence-corrected chi connectivity index (χ3v) is 4.68. The van der Waals surface area contributed by atoms with Gasteiger partial charge in [-0.3, -0.25) is 14.0 Å². The summed E-state index contributed by atoms with van der Waals surface area (Å²) in [6.07, 6.45) is 1.35. The number of carbonyl (C=O) groups is 2. The first-order valence-electron chi connectivity index (χ1n) is 9.28. The molecule has 0 aliphatic rings. The van der Waals surface area contributed by atoms with E-state index in [1.54, 1.807) is 24.3 Å². The lowest BCUT2D eigenvalue weighted by Crippen LogP contribution is -2.17. The van der Waals surface area contributed by atoms with Crippen molar-refractivity contribution in [2.45, 2.75) is 0 Å². The molecule has 2 amide bonds. The molecule has 156 valence electrons. The van der Waals surface area contributed by atoms with Crippen LogP contribution in [0.5, 0.6) is 11.5 Å². The molecule has 0 fully saturated rings. The maximum absolute atomic E-state index is 13.2. The highest BCUT2D eigenvalue weighted by Crippen LogP contribution is 2.30. The van der Waals surface area contributed by atoms with E-state index < -0.39 is 11.8 Å². The van der Waals surface area contributed by atoms with E-state index in [2.05, 4.69) is 15.3 Å². The van der Waals surface area contributed by atoms with Crippen molar-refractivity contribution in [3.05, 3.63) is 72.3 Å². The number of benzene rings is 2. The third kappa shape index (κ3) is 3.76. The highest BCUT2D eigenvalue weighted by atomic mass is 16.5. The zero-order valence-electron chi connectivity index (χ0n) is 16.8. The van der Waals surface area contributed by atoms with E-state index in [1.807, 2.05) is 30.3 Å². The molecule has 2 aromatic heterocycles. The van der Waals surface area contributed by atoms with Crippen LogP contribution in [-0.2, 0) is 0 Å². The second kappa shape index (κ2) is 8.15. The fraction of sp³-hybridized carbons (Fsp3) is 0.0909. The van der Waals surface area contributed by atoms with E-state index in [0.29, 0.717) is 22.9 Å². The van der Waals surface area contributed by atoms with Crippen LogP contribution in [0.3, 0.4) is 0 Å². The molecule has 3 N–H and O–H groups in total. The number of primary amides is 1. The van der Waals surface area contributed by atoms with Gasteiger partial charge in [-0.15, -0.1) is 0 Å². The third-order valence-electron chi connectivity index (χ3n) is 4.68. The molecule has 0 aliphatic carbocycles. The topological polar surface area (TPSA) is 121 Å². The first-order valence-corrected chi connectivity index (χ1v) is 9.28. The number of nitrogens with two attached hydrogens (primary N) is 1. The number of carbonyl (C=O) groups excluding carboxylic acids is 2. The monoisotopic (exact) mass is 417 g/mol. The summed E-state index contributed by atoms with van der Waals surface area (Å²) < 4.78 is 11.9. The summed E-state index contributed by atoms with van der Waals surface area (Å²) in [6.45, 7) is 0. The molecule has 0 saturated heterocycles. The molecular formula is C22H19N5O4. The minimum absolute atomic E-state index is 0.0158. The van der Waals surface area contributed by atoms with Gasteiger partial charge in [0.1, 0.15) is 12.0 Å². The molecule has 0 atom stereocenters. The number of amides is 2. The van der Waals surface area contributed by atoms with Gasteiger partial charge in [0, 0.05) is 17.3 Å². The molecule has 0 saturated carbocycles. The van der Waals surface area contributed by atoms with Crippen LogP contribution >= 0.6 is 0 Å². The summed E-state index contributed by atoms with van der Waals surface area (Å²) in [4.78, 5) is 33.5. The number of hydrogen-bond acceptors (Lipinski definition) is 6. The van der Waals surface area contributed by atoms with E-state index >= 15 is 0 Å². The van der Waals surface area contributed by atoms with Gasteiger partial charge in [0.05, 0.1) is 19.9 Å². The van der Waals surface area contributed by atoms with E-state index in [9.17, 15) is 9.59 Å². The predicted molar refractivity (Wildman–Crippen MR) is 114 cm³/mol. The lowest BCUT2D eigenvalue weighted by molar-refractivity contribution is 0.0993. The normalized spacial score (nSPS) is 10.6. The second-order valence-electron chi connectivity index (χ2n) is 6.57. The molecule has 0 spiro atoms. The van der Waals surface area contributed by atoms with Crippen molar-refractivity contribution >= 4 is 23.1 Å². The molecule has 4 rings (SSSR count). The van der Waals surface area contributed by atoms with E-state index in [4.69, 9.17) is 15.2 Å². The summed E-state index contributed by atoms with van der Waals surface area (Å²) in [7, 11) is 3.04. The Hall–Kier alpha value is -4.40. The Balaban J connectivity index is 1.80. The van der Waals surface area contributed by atoms with Crippen LogP contribution in [-0.4, -0.2) is 40.4 Å². The standard InChI is InChI=1S/C22H19N5O4/c1-30-17-9-8-14(10-18(17)31-2)25-22(29)16-11-15(13-6-4-3-5-7-13)26-21-19(20(23)28)24-12-27(16)21/h3-12H,1-2H3,(H2,23,28)(H,25,29). The fourth-order valence-electron chi connectivity index (χ4n) is 3.19. The molecule has 31 heavy (non-hydrogen) atoms. The molecule has 4 aromatic rings. The molecule has 0 bridgehead atoms. The minimum atomic E-state index is -0.730. The molecule has 0 unspecified atom stereocenters. The van der Waals surface area contributed by atoms with Crippen molar-refractivity contribution in [3.8, 4) is 22.8 Å². The Morgan fingerprint density at radius 3 is 2.42 bits per heavy atom. The van der Waals surface area contributed by atoms with Gasteiger partial charge in [0.2, 0.25) is 0 Å². The summed E-state index contributed by atoms with van der Waals surface area (Å²) in [5.41, 5.74) is 7.65. The van der Waals surface area contributed by atoms with Gasteiger partial charge in [-0.25, -0.2) is 9.97 Å². The second-order valence-corrected chi connectivity index (χ2v) is 6.57. The van der Waals surface area contributed by atoms with Crippen molar-refractivity contribution in [3.63, 3.8) is 0 Å². The van der Waals surface area contributed by atoms with Crippen LogP contribution in [0.1, 0.15) is 21.0 Å². The average molecular weight is 417 g/mol. The average Bonchev–Trinajstić information content (AvgIpc) is 3.23. The van der Waals surface area contributed by atoms with Crippen LogP contribution in [0.25, 0.3) is 16.9 Å². The van der Waals surface area contributed by atoms with Gasteiger partial charge in [-0.2, -0.15) is 0 Å². The maximum atomic E-state index is 13.2. The van der Waals surface area contributed by atoms with Crippen LogP contribution < -0.4 is 20.5 Å². The first kappa shape index (κ1) is 19.9. The molecule has 9 nitrogen and oxygen atoms in total. The van der Waals surface area contributed by atoms with Crippen molar-refractivity contribution < 1.29 is 19.1 Å². The summed E-state index contributed by atoms with van der Waals surface area (Å²) in [5, 5.41) is 2.83. The highest BCUT2D eigenvalue weighted by molar-refractivity contribution is 6.05. The van der Waals surface area contributed by atoms with Gasteiger partial charge in [0.15, 0.2) is 22.8 Å². The van der Waals surface area contributed by atoms with Gasteiger partial charge >= 0.3 is 0 Å². The highest BCUT2D eigenvalue weighted by Gasteiger charge is 2.20. The first-order chi connectivity index (χ1) is 15.0. The minimum Gasteiger partial charge on any atom is -0.493 e. The largest absolute Gasteiger partial charge is 0.493 e. The van der Waals surface area contributed by atoms with Gasteiger partial charge < -0.3 is 20.5 Å². The predicted octanol–water partition coefficient (Wildman–Crippen LogP) is 2.76. The summed E-state index contributed by atoms with van der Waals surface area (Å²) >= 11 is 0. The molecule has 9 heteroatoms. The Labute approximate surface area is 177 Å². The number of nitrogens with zero attached hydrogens (tertiary/aromatic N) is 3. The lowest BCUT2D eigenvalue weighted by Gasteiger charge is -2.12. The summed E-state index contributed by atoms with van der Waals surface area (Å²) in [5.74, 6) is -0.139. The van der Waals surface area contributed by atoms with Gasteiger partial charge in [-0.05, 0) is 18.2 Å².